The van der Waals surface area contributed by atoms with E-state index in [2.05, 4.69) is 0 Å². The SMILES string of the molecule is CC1CCCCCCCCCCC/C=C\C(=O)O1. The Kier molecular flexibility index (Phi) is 8.62. The standard InChI is InChI=1S/C16H28O2/c1-15-13-11-9-7-5-3-2-4-6-8-10-12-14-16(17)18-15/h12,14-15H,2-11,13H2,1H3/b14-12-. The van der Waals surface area contributed by atoms with Crippen molar-refractivity contribution >= 4 is 5.97 Å². The summed E-state index contributed by atoms with van der Waals surface area (Å²) in [5.41, 5.74) is 0. The van der Waals surface area contributed by atoms with Crippen LogP contribution in [0, 0.1) is 0 Å². The third kappa shape index (κ3) is 8.32. The van der Waals surface area contributed by atoms with Gasteiger partial charge in [0.15, 0.2) is 0 Å². The summed E-state index contributed by atoms with van der Waals surface area (Å²) >= 11 is 0. The minimum Gasteiger partial charge on any atom is -0.460 e. The van der Waals surface area contributed by atoms with E-state index in [-0.39, 0.29) is 12.1 Å². The molecule has 1 heterocycles. The number of carbonyl (C=O) groups excluding carboxylic acids is 1. The Labute approximate surface area is 112 Å². The molecule has 0 saturated heterocycles. The summed E-state index contributed by atoms with van der Waals surface area (Å²) in [6.45, 7) is 1.99. The largest absolute Gasteiger partial charge is 0.460 e. The van der Waals surface area contributed by atoms with E-state index in [1.807, 2.05) is 13.0 Å². The van der Waals surface area contributed by atoms with E-state index in [0.29, 0.717) is 0 Å². The zero-order chi connectivity index (χ0) is 13.1. The van der Waals surface area contributed by atoms with E-state index >= 15 is 0 Å². The summed E-state index contributed by atoms with van der Waals surface area (Å²) in [6, 6.07) is 0. The molecule has 1 aliphatic heterocycles. The topological polar surface area (TPSA) is 26.3 Å². The first-order chi connectivity index (χ1) is 8.79. The molecule has 0 aliphatic carbocycles. The number of esters is 1. The summed E-state index contributed by atoms with van der Waals surface area (Å²) in [5, 5.41) is 0. The normalized spacial score (nSPS) is 27.4. The summed E-state index contributed by atoms with van der Waals surface area (Å²) in [5.74, 6) is -0.172. The van der Waals surface area contributed by atoms with Gasteiger partial charge in [0.25, 0.3) is 0 Å². The Morgan fingerprint density at radius 2 is 1.50 bits per heavy atom. The van der Waals surface area contributed by atoms with Crippen LogP contribution in [-0.2, 0) is 9.53 Å². The van der Waals surface area contributed by atoms with Gasteiger partial charge in [-0.15, -0.1) is 0 Å². The fraction of sp³-hybridized carbons (Fsp3) is 0.812. The molecule has 104 valence electrons. The van der Waals surface area contributed by atoms with Gasteiger partial charge in [0.2, 0.25) is 0 Å². The second-order valence-corrected chi connectivity index (χ2v) is 5.41. The smallest absolute Gasteiger partial charge is 0.330 e. The number of rotatable bonds is 0. The molecule has 1 atom stereocenters. The van der Waals surface area contributed by atoms with Crippen molar-refractivity contribution in [3.63, 3.8) is 0 Å². The highest BCUT2D eigenvalue weighted by atomic mass is 16.5. The number of ether oxygens (including phenoxy) is 1. The molecule has 0 bridgehead atoms. The number of hydrogen-bond acceptors (Lipinski definition) is 2. The predicted octanol–water partition coefficient (Wildman–Crippen LogP) is 4.78. The molecule has 0 fully saturated rings. The third-order valence-electron chi connectivity index (χ3n) is 3.55. The van der Waals surface area contributed by atoms with E-state index in [9.17, 15) is 4.79 Å². The van der Waals surface area contributed by atoms with Crippen molar-refractivity contribution in [1.82, 2.24) is 0 Å². The molecule has 18 heavy (non-hydrogen) atoms. The molecule has 1 unspecified atom stereocenters. The first-order valence-corrected chi connectivity index (χ1v) is 7.66. The zero-order valence-corrected chi connectivity index (χ0v) is 11.8. The summed E-state index contributed by atoms with van der Waals surface area (Å²) in [4.78, 5) is 11.5. The van der Waals surface area contributed by atoms with Gasteiger partial charge in [-0.1, -0.05) is 51.0 Å². The molecule has 0 saturated carbocycles. The Balaban J connectivity index is 2.30. The maximum absolute atomic E-state index is 11.5. The molecule has 0 aromatic heterocycles. The summed E-state index contributed by atoms with van der Waals surface area (Å²) in [7, 11) is 0. The van der Waals surface area contributed by atoms with E-state index in [1.54, 1.807) is 6.08 Å². The molecule has 2 heteroatoms. The van der Waals surface area contributed by atoms with Crippen LogP contribution in [0.1, 0.15) is 77.6 Å². The van der Waals surface area contributed by atoms with Crippen LogP contribution in [0.4, 0.5) is 0 Å². The van der Waals surface area contributed by atoms with Gasteiger partial charge in [-0.05, 0) is 32.6 Å². The Bertz CT molecular complexity index is 245. The van der Waals surface area contributed by atoms with Crippen molar-refractivity contribution in [2.24, 2.45) is 0 Å². The highest BCUT2D eigenvalue weighted by Crippen LogP contribution is 2.13. The average Bonchev–Trinajstić information content (AvgIpc) is 2.33. The average molecular weight is 252 g/mol. The van der Waals surface area contributed by atoms with Gasteiger partial charge in [-0.3, -0.25) is 0 Å². The number of hydrogen-bond donors (Lipinski definition) is 0. The molecule has 1 aliphatic rings. The number of cyclic esters (lactones) is 1. The lowest BCUT2D eigenvalue weighted by Gasteiger charge is -2.11. The Hall–Kier alpha value is -0.790. The van der Waals surface area contributed by atoms with E-state index in [0.717, 1.165) is 12.8 Å². The van der Waals surface area contributed by atoms with E-state index in [4.69, 9.17) is 4.74 Å². The molecule has 0 aromatic carbocycles. The Morgan fingerprint density at radius 1 is 0.944 bits per heavy atom. The molecule has 0 radical (unpaired) electrons. The maximum atomic E-state index is 11.5. The van der Waals surface area contributed by atoms with E-state index < -0.39 is 0 Å². The second-order valence-electron chi connectivity index (χ2n) is 5.41. The second kappa shape index (κ2) is 10.2. The van der Waals surface area contributed by atoms with Crippen LogP contribution < -0.4 is 0 Å². The lowest BCUT2D eigenvalue weighted by molar-refractivity contribution is -0.142. The Morgan fingerprint density at radius 3 is 2.17 bits per heavy atom. The fourth-order valence-electron chi connectivity index (χ4n) is 2.41. The van der Waals surface area contributed by atoms with Crippen molar-refractivity contribution in [2.45, 2.75) is 83.7 Å². The first-order valence-electron chi connectivity index (χ1n) is 7.66. The minimum atomic E-state index is -0.172. The van der Waals surface area contributed by atoms with Crippen LogP contribution in [0.3, 0.4) is 0 Å². The predicted molar refractivity (Wildman–Crippen MR) is 75.5 cm³/mol. The molecule has 1 rings (SSSR count). The quantitative estimate of drug-likeness (QED) is 0.580. The van der Waals surface area contributed by atoms with Gasteiger partial charge in [0, 0.05) is 6.08 Å². The lowest BCUT2D eigenvalue weighted by Crippen LogP contribution is -2.12. The molecule has 0 aromatic rings. The number of allylic oxidation sites excluding steroid dienone is 1. The van der Waals surface area contributed by atoms with Crippen LogP contribution in [0.5, 0.6) is 0 Å². The molecular formula is C16H28O2. The van der Waals surface area contributed by atoms with Gasteiger partial charge < -0.3 is 4.74 Å². The molecule has 0 N–H and O–H groups in total. The zero-order valence-electron chi connectivity index (χ0n) is 11.8. The monoisotopic (exact) mass is 252 g/mol. The lowest BCUT2D eigenvalue weighted by atomic mass is 10.0. The third-order valence-corrected chi connectivity index (χ3v) is 3.55. The van der Waals surface area contributed by atoms with Crippen molar-refractivity contribution in [3.05, 3.63) is 12.2 Å². The maximum Gasteiger partial charge on any atom is 0.330 e. The van der Waals surface area contributed by atoms with Crippen LogP contribution in [0.25, 0.3) is 0 Å². The van der Waals surface area contributed by atoms with Crippen LogP contribution in [0.2, 0.25) is 0 Å². The van der Waals surface area contributed by atoms with Gasteiger partial charge in [0.05, 0.1) is 6.10 Å². The summed E-state index contributed by atoms with van der Waals surface area (Å²) < 4.78 is 5.33. The van der Waals surface area contributed by atoms with Gasteiger partial charge >= 0.3 is 5.97 Å². The van der Waals surface area contributed by atoms with Crippen LogP contribution >= 0.6 is 0 Å². The summed E-state index contributed by atoms with van der Waals surface area (Å²) in [6.07, 6.45) is 17.4. The van der Waals surface area contributed by atoms with Crippen molar-refractivity contribution in [2.75, 3.05) is 0 Å². The molecule has 0 spiro atoms. The first kappa shape index (κ1) is 15.3. The highest BCUT2D eigenvalue weighted by molar-refractivity contribution is 5.81. The van der Waals surface area contributed by atoms with Gasteiger partial charge in [-0.2, -0.15) is 0 Å². The van der Waals surface area contributed by atoms with Crippen LogP contribution in [0.15, 0.2) is 12.2 Å². The van der Waals surface area contributed by atoms with Crippen LogP contribution in [-0.4, -0.2) is 12.1 Å². The van der Waals surface area contributed by atoms with Crippen molar-refractivity contribution in [3.8, 4) is 0 Å². The van der Waals surface area contributed by atoms with Crippen molar-refractivity contribution in [1.29, 1.82) is 0 Å². The van der Waals surface area contributed by atoms with Gasteiger partial charge in [-0.25, -0.2) is 4.79 Å². The van der Waals surface area contributed by atoms with Gasteiger partial charge in [0.1, 0.15) is 0 Å². The van der Waals surface area contributed by atoms with Crippen molar-refractivity contribution < 1.29 is 9.53 Å². The molecule has 2 nitrogen and oxygen atoms in total. The van der Waals surface area contributed by atoms with E-state index in [1.165, 1.54) is 57.8 Å². The highest BCUT2D eigenvalue weighted by Gasteiger charge is 2.06. The number of carbonyl (C=O) groups is 1. The molecule has 0 amide bonds. The minimum absolute atomic E-state index is 0.0649. The fourth-order valence-corrected chi connectivity index (χ4v) is 2.41. The molecular weight excluding hydrogens is 224 g/mol.